The first kappa shape index (κ1) is 18.2. The average molecular weight is 370 g/mol. The normalized spacial score (nSPS) is 11.3. The number of anilines is 1. The second kappa shape index (κ2) is 7.36. The first-order valence-electron chi connectivity index (χ1n) is 8.18. The summed E-state index contributed by atoms with van der Waals surface area (Å²) < 4.78 is 6.41. The van der Waals surface area contributed by atoms with E-state index < -0.39 is 11.5 Å². The highest BCUT2D eigenvalue weighted by molar-refractivity contribution is 5.90. The van der Waals surface area contributed by atoms with E-state index in [0.29, 0.717) is 23.1 Å². The van der Waals surface area contributed by atoms with Gasteiger partial charge in [0, 0.05) is 25.2 Å². The minimum Gasteiger partial charge on any atom is -0.479 e. The van der Waals surface area contributed by atoms with Gasteiger partial charge in [-0.15, -0.1) is 0 Å². The standard InChI is InChI=1S/C17H18N6O4/c1-17(2,16(25)26)23-10-11(9-19-23)20-13(24)6-7-14-21-15(22-27-14)12-5-3-4-8-18-12/h3-5,8-10H,6-7H2,1-2H3,(H,20,24)(H,25,26). The molecule has 0 saturated heterocycles. The van der Waals surface area contributed by atoms with E-state index in [9.17, 15) is 14.7 Å². The van der Waals surface area contributed by atoms with Gasteiger partial charge in [-0.1, -0.05) is 11.2 Å². The molecule has 27 heavy (non-hydrogen) atoms. The number of aryl methyl sites for hydroxylation is 1. The zero-order valence-corrected chi connectivity index (χ0v) is 14.8. The Kier molecular flexibility index (Phi) is 4.97. The molecule has 0 saturated carbocycles. The van der Waals surface area contributed by atoms with Crippen LogP contribution in [0.2, 0.25) is 0 Å². The molecule has 0 fully saturated rings. The molecule has 3 heterocycles. The van der Waals surface area contributed by atoms with Crippen LogP contribution in [0.5, 0.6) is 0 Å². The predicted molar refractivity (Wildman–Crippen MR) is 93.7 cm³/mol. The Bertz CT molecular complexity index is 947. The molecule has 0 spiro atoms. The molecule has 0 unspecified atom stereocenters. The van der Waals surface area contributed by atoms with Crippen molar-refractivity contribution >= 4 is 17.6 Å². The predicted octanol–water partition coefficient (Wildman–Crippen LogP) is 1.72. The number of nitrogens with zero attached hydrogens (tertiary/aromatic N) is 5. The Hall–Kier alpha value is -3.56. The highest BCUT2D eigenvalue weighted by Gasteiger charge is 2.30. The monoisotopic (exact) mass is 370 g/mol. The minimum absolute atomic E-state index is 0.122. The van der Waals surface area contributed by atoms with E-state index >= 15 is 0 Å². The Labute approximate surface area is 154 Å². The molecule has 10 nitrogen and oxygen atoms in total. The van der Waals surface area contributed by atoms with Crippen LogP contribution in [0, 0.1) is 0 Å². The zero-order chi connectivity index (χ0) is 19.4. The fourth-order valence-corrected chi connectivity index (χ4v) is 2.19. The van der Waals surface area contributed by atoms with Crippen LogP contribution < -0.4 is 5.32 Å². The van der Waals surface area contributed by atoms with Gasteiger partial charge in [0.2, 0.25) is 17.6 Å². The van der Waals surface area contributed by atoms with Crippen molar-refractivity contribution in [1.82, 2.24) is 24.9 Å². The number of nitrogens with one attached hydrogen (secondary N) is 1. The number of carbonyl (C=O) groups excluding carboxylic acids is 1. The van der Waals surface area contributed by atoms with E-state index in [0.717, 1.165) is 0 Å². The summed E-state index contributed by atoms with van der Waals surface area (Å²) in [7, 11) is 0. The van der Waals surface area contributed by atoms with Gasteiger partial charge >= 0.3 is 5.97 Å². The largest absolute Gasteiger partial charge is 0.479 e. The van der Waals surface area contributed by atoms with E-state index in [-0.39, 0.29) is 18.7 Å². The lowest BCUT2D eigenvalue weighted by molar-refractivity contribution is -0.146. The summed E-state index contributed by atoms with van der Waals surface area (Å²) >= 11 is 0. The fourth-order valence-electron chi connectivity index (χ4n) is 2.19. The lowest BCUT2D eigenvalue weighted by atomic mass is 10.1. The van der Waals surface area contributed by atoms with E-state index in [1.165, 1.54) is 30.9 Å². The molecule has 2 N–H and O–H groups in total. The van der Waals surface area contributed by atoms with Crippen molar-refractivity contribution in [2.45, 2.75) is 32.2 Å². The number of carbonyl (C=O) groups is 2. The molecule has 0 atom stereocenters. The first-order chi connectivity index (χ1) is 12.9. The maximum absolute atomic E-state index is 12.1. The van der Waals surface area contributed by atoms with Crippen LogP contribution in [0.4, 0.5) is 5.69 Å². The van der Waals surface area contributed by atoms with E-state index in [1.54, 1.807) is 18.3 Å². The second-order valence-corrected chi connectivity index (χ2v) is 6.31. The molecule has 0 radical (unpaired) electrons. The molecule has 0 aromatic carbocycles. The molecule has 0 aliphatic carbocycles. The van der Waals surface area contributed by atoms with Crippen LogP contribution in [-0.4, -0.2) is 41.9 Å². The molecule has 3 aromatic rings. The van der Waals surface area contributed by atoms with Crippen molar-refractivity contribution in [2.75, 3.05) is 5.32 Å². The fraction of sp³-hybridized carbons (Fsp3) is 0.294. The Balaban J connectivity index is 1.56. The van der Waals surface area contributed by atoms with Gasteiger partial charge in [0.15, 0.2) is 5.54 Å². The van der Waals surface area contributed by atoms with Gasteiger partial charge in [0.1, 0.15) is 5.69 Å². The van der Waals surface area contributed by atoms with Crippen molar-refractivity contribution in [2.24, 2.45) is 0 Å². The topological polar surface area (TPSA) is 136 Å². The number of aliphatic carboxylic acids is 1. The molecule has 140 valence electrons. The van der Waals surface area contributed by atoms with Gasteiger partial charge in [0.25, 0.3) is 0 Å². The quantitative estimate of drug-likeness (QED) is 0.641. The van der Waals surface area contributed by atoms with Crippen molar-refractivity contribution < 1.29 is 19.2 Å². The molecule has 10 heteroatoms. The summed E-state index contributed by atoms with van der Waals surface area (Å²) in [6.07, 6.45) is 4.88. The number of carboxylic acid groups (broad SMARTS) is 1. The Morgan fingerprint density at radius 2 is 2.15 bits per heavy atom. The number of hydrogen-bond acceptors (Lipinski definition) is 7. The molecular weight excluding hydrogens is 352 g/mol. The number of hydrogen-bond donors (Lipinski definition) is 2. The van der Waals surface area contributed by atoms with Gasteiger partial charge in [-0.3, -0.25) is 14.5 Å². The van der Waals surface area contributed by atoms with E-state index in [1.807, 2.05) is 6.07 Å². The lowest BCUT2D eigenvalue weighted by Gasteiger charge is -2.19. The summed E-state index contributed by atoms with van der Waals surface area (Å²) in [6, 6.07) is 5.36. The van der Waals surface area contributed by atoms with Crippen molar-refractivity contribution in [3.8, 4) is 11.5 Å². The summed E-state index contributed by atoms with van der Waals surface area (Å²) in [5.74, 6) is -0.611. The number of amides is 1. The smallest absolute Gasteiger partial charge is 0.331 e. The highest BCUT2D eigenvalue weighted by atomic mass is 16.5. The minimum atomic E-state index is -1.21. The van der Waals surface area contributed by atoms with Gasteiger partial charge in [-0.05, 0) is 26.0 Å². The highest BCUT2D eigenvalue weighted by Crippen LogP contribution is 2.18. The first-order valence-corrected chi connectivity index (χ1v) is 8.18. The van der Waals surface area contributed by atoms with Crippen LogP contribution in [0.25, 0.3) is 11.5 Å². The molecule has 0 bridgehead atoms. The van der Waals surface area contributed by atoms with E-state index in [4.69, 9.17) is 4.52 Å². The summed E-state index contributed by atoms with van der Waals surface area (Å²) in [5.41, 5.74) is -0.214. The molecule has 0 aliphatic heterocycles. The Morgan fingerprint density at radius 3 is 2.85 bits per heavy atom. The van der Waals surface area contributed by atoms with Crippen LogP contribution in [0.3, 0.4) is 0 Å². The second-order valence-electron chi connectivity index (χ2n) is 6.31. The third-order valence-corrected chi connectivity index (χ3v) is 3.89. The van der Waals surface area contributed by atoms with Crippen LogP contribution in [0.15, 0.2) is 41.3 Å². The summed E-state index contributed by atoms with van der Waals surface area (Å²) in [5, 5.41) is 19.7. The SMILES string of the molecule is CC(C)(C(=O)O)n1cc(NC(=O)CCc2nc(-c3ccccn3)no2)cn1. The van der Waals surface area contributed by atoms with Crippen LogP contribution >= 0.6 is 0 Å². The third kappa shape index (κ3) is 4.17. The summed E-state index contributed by atoms with van der Waals surface area (Å²) in [6.45, 7) is 3.03. The van der Waals surface area contributed by atoms with Crippen molar-refractivity contribution in [1.29, 1.82) is 0 Å². The molecular formula is C17H18N6O4. The van der Waals surface area contributed by atoms with Gasteiger partial charge < -0.3 is 14.9 Å². The van der Waals surface area contributed by atoms with Gasteiger partial charge in [0.05, 0.1) is 11.9 Å². The Morgan fingerprint density at radius 1 is 1.33 bits per heavy atom. The molecule has 3 rings (SSSR count). The zero-order valence-electron chi connectivity index (χ0n) is 14.8. The molecule has 1 amide bonds. The number of aromatic nitrogens is 5. The van der Waals surface area contributed by atoms with Crippen LogP contribution in [-0.2, 0) is 21.5 Å². The third-order valence-electron chi connectivity index (χ3n) is 3.89. The van der Waals surface area contributed by atoms with Gasteiger partial charge in [-0.2, -0.15) is 10.1 Å². The van der Waals surface area contributed by atoms with Crippen molar-refractivity contribution in [3.63, 3.8) is 0 Å². The number of rotatable bonds is 7. The average Bonchev–Trinajstić information content (AvgIpc) is 3.30. The van der Waals surface area contributed by atoms with Crippen molar-refractivity contribution in [3.05, 3.63) is 42.7 Å². The summed E-state index contributed by atoms with van der Waals surface area (Å²) in [4.78, 5) is 31.7. The van der Waals surface area contributed by atoms with Crippen LogP contribution in [0.1, 0.15) is 26.2 Å². The number of pyridine rings is 1. The maximum atomic E-state index is 12.1. The molecule has 3 aromatic heterocycles. The maximum Gasteiger partial charge on any atom is 0.331 e. The molecule has 0 aliphatic rings. The van der Waals surface area contributed by atoms with E-state index in [2.05, 4.69) is 25.5 Å². The number of carboxylic acids is 1. The van der Waals surface area contributed by atoms with Gasteiger partial charge in [-0.25, -0.2) is 4.79 Å². The lowest BCUT2D eigenvalue weighted by Crippen LogP contribution is -2.35.